The minimum atomic E-state index is -0.108. The van der Waals surface area contributed by atoms with Gasteiger partial charge in [-0.2, -0.15) is 0 Å². The molecule has 1 aromatic rings. The van der Waals surface area contributed by atoms with Crippen molar-refractivity contribution < 1.29 is 9.47 Å². The highest BCUT2D eigenvalue weighted by Gasteiger charge is 2.31. The van der Waals surface area contributed by atoms with Crippen LogP contribution in [0.25, 0.3) is 0 Å². The SMILES string of the molecule is CCNc1cc(N2CCCC(C)(OC)C2)nc(COC)n1. The van der Waals surface area contributed by atoms with E-state index in [2.05, 4.69) is 34.0 Å². The van der Waals surface area contributed by atoms with E-state index in [0.717, 1.165) is 44.1 Å². The largest absolute Gasteiger partial charge is 0.377 e. The van der Waals surface area contributed by atoms with Crippen molar-refractivity contribution in [3.8, 4) is 0 Å². The van der Waals surface area contributed by atoms with Crippen LogP contribution >= 0.6 is 0 Å². The Bertz CT molecular complexity index is 445. The zero-order valence-electron chi connectivity index (χ0n) is 13.5. The zero-order valence-corrected chi connectivity index (χ0v) is 13.5. The van der Waals surface area contributed by atoms with Crippen molar-refractivity contribution in [1.29, 1.82) is 0 Å². The molecule has 1 N–H and O–H groups in total. The maximum absolute atomic E-state index is 5.66. The van der Waals surface area contributed by atoms with Gasteiger partial charge in [0.05, 0.1) is 5.60 Å². The molecule has 0 aromatic carbocycles. The molecule has 1 atom stereocenters. The molecule has 1 aromatic heterocycles. The predicted molar refractivity (Wildman–Crippen MR) is 83.8 cm³/mol. The second-order valence-electron chi connectivity index (χ2n) is 5.67. The first-order valence-electron chi connectivity index (χ1n) is 7.51. The number of piperidine rings is 1. The normalized spacial score (nSPS) is 22.4. The lowest BCUT2D eigenvalue weighted by Gasteiger charge is -2.40. The summed E-state index contributed by atoms with van der Waals surface area (Å²) in [6, 6.07) is 2.00. The van der Waals surface area contributed by atoms with Gasteiger partial charge < -0.3 is 19.7 Å². The Morgan fingerprint density at radius 1 is 1.38 bits per heavy atom. The molecule has 1 saturated heterocycles. The van der Waals surface area contributed by atoms with E-state index < -0.39 is 0 Å². The smallest absolute Gasteiger partial charge is 0.158 e. The van der Waals surface area contributed by atoms with Gasteiger partial charge in [-0.1, -0.05) is 0 Å². The van der Waals surface area contributed by atoms with Crippen molar-refractivity contribution in [2.24, 2.45) is 0 Å². The number of methoxy groups -OCH3 is 2. The van der Waals surface area contributed by atoms with Crippen molar-refractivity contribution in [1.82, 2.24) is 9.97 Å². The van der Waals surface area contributed by atoms with Crippen LogP contribution in [-0.4, -0.2) is 49.4 Å². The third-order valence-corrected chi connectivity index (χ3v) is 3.87. The number of hydrogen-bond donors (Lipinski definition) is 1. The molecule has 1 unspecified atom stereocenters. The Labute approximate surface area is 126 Å². The molecule has 0 amide bonds. The molecule has 0 spiro atoms. The molecule has 1 aliphatic heterocycles. The van der Waals surface area contributed by atoms with Gasteiger partial charge in [-0.3, -0.25) is 0 Å². The van der Waals surface area contributed by atoms with Crippen LogP contribution in [0.15, 0.2) is 6.07 Å². The first kappa shape index (κ1) is 16.0. The van der Waals surface area contributed by atoms with Gasteiger partial charge in [-0.05, 0) is 26.7 Å². The van der Waals surface area contributed by atoms with Crippen LogP contribution in [0.1, 0.15) is 32.5 Å². The van der Waals surface area contributed by atoms with Crippen molar-refractivity contribution in [3.05, 3.63) is 11.9 Å². The monoisotopic (exact) mass is 294 g/mol. The number of nitrogens with zero attached hydrogens (tertiary/aromatic N) is 3. The molecule has 1 fully saturated rings. The predicted octanol–water partition coefficient (Wildman–Crippen LogP) is 2.06. The number of aromatic nitrogens is 2. The standard InChI is InChI=1S/C15H26N4O2/c1-5-16-12-9-14(18-13(17-12)10-20-3)19-8-6-7-15(2,11-19)21-4/h9H,5-8,10-11H2,1-4H3,(H,16,17,18). The molecule has 2 heterocycles. The third kappa shape index (κ3) is 4.04. The third-order valence-electron chi connectivity index (χ3n) is 3.87. The maximum Gasteiger partial charge on any atom is 0.158 e. The van der Waals surface area contributed by atoms with Gasteiger partial charge in [-0.25, -0.2) is 9.97 Å². The zero-order chi connectivity index (χ0) is 15.3. The van der Waals surface area contributed by atoms with Gasteiger partial charge in [0.2, 0.25) is 0 Å². The fraction of sp³-hybridized carbons (Fsp3) is 0.733. The van der Waals surface area contributed by atoms with E-state index in [-0.39, 0.29) is 5.60 Å². The summed E-state index contributed by atoms with van der Waals surface area (Å²) >= 11 is 0. The second kappa shape index (κ2) is 7.04. The fourth-order valence-electron chi connectivity index (χ4n) is 2.68. The quantitative estimate of drug-likeness (QED) is 0.866. The number of hydrogen-bond acceptors (Lipinski definition) is 6. The molecule has 0 radical (unpaired) electrons. The molecule has 0 aliphatic carbocycles. The van der Waals surface area contributed by atoms with E-state index in [1.807, 2.05) is 6.07 Å². The number of anilines is 2. The number of rotatable bonds is 6. The lowest BCUT2D eigenvalue weighted by atomic mass is 9.95. The summed E-state index contributed by atoms with van der Waals surface area (Å²) in [4.78, 5) is 11.4. The van der Waals surface area contributed by atoms with Gasteiger partial charge in [0.15, 0.2) is 5.82 Å². The molecule has 6 nitrogen and oxygen atoms in total. The highest BCUT2D eigenvalue weighted by atomic mass is 16.5. The van der Waals surface area contributed by atoms with Crippen LogP contribution in [-0.2, 0) is 16.1 Å². The summed E-state index contributed by atoms with van der Waals surface area (Å²) in [5, 5.41) is 3.26. The molecule has 1 aliphatic rings. The van der Waals surface area contributed by atoms with Gasteiger partial charge in [0.1, 0.15) is 18.2 Å². The molecule has 118 valence electrons. The summed E-state index contributed by atoms with van der Waals surface area (Å²) in [6.07, 6.45) is 2.18. The minimum absolute atomic E-state index is 0.108. The average molecular weight is 294 g/mol. The maximum atomic E-state index is 5.66. The van der Waals surface area contributed by atoms with Crippen LogP contribution in [0.2, 0.25) is 0 Å². The summed E-state index contributed by atoms with van der Waals surface area (Å²) in [5.41, 5.74) is -0.108. The van der Waals surface area contributed by atoms with E-state index in [0.29, 0.717) is 12.4 Å². The van der Waals surface area contributed by atoms with Gasteiger partial charge >= 0.3 is 0 Å². The number of nitrogens with one attached hydrogen (secondary N) is 1. The molecule has 2 rings (SSSR count). The van der Waals surface area contributed by atoms with Gasteiger partial charge in [0, 0.05) is 39.9 Å². The minimum Gasteiger partial charge on any atom is -0.377 e. The summed E-state index contributed by atoms with van der Waals surface area (Å²) in [6.45, 7) is 7.30. The highest BCUT2D eigenvalue weighted by molar-refractivity contribution is 5.50. The highest BCUT2D eigenvalue weighted by Crippen LogP contribution is 2.28. The summed E-state index contributed by atoms with van der Waals surface area (Å²) < 4.78 is 10.8. The van der Waals surface area contributed by atoms with E-state index in [1.54, 1.807) is 14.2 Å². The summed E-state index contributed by atoms with van der Waals surface area (Å²) in [5.74, 6) is 2.49. The average Bonchev–Trinajstić information content (AvgIpc) is 2.48. The Hall–Kier alpha value is -1.40. The van der Waals surface area contributed by atoms with Crippen LogP contribution in [0.4, 0.5) is 11.6 Å². The van der Waals surface area contributed by atoms with Crippen LogP contribution in [0, 0.1) is 0 Å². The fourth-order valence-corrected chi connectivity index (χ4v) is 2.68. The Kier molecular flexibility index (Phi) is 5.36. The first-order valence-corrected chi connectivity index (χ1v) is 7.51. The Morgan fingerprint density at radius 2 is 2.19 bits per heavy atom. The van der Waals surface area contributed by atoms with E-state index >= 15 is 0 Å². The first-order chi connectivity index (χ1) is 10.1. The lowest BCUT2D eigenvalue weighted by Crippen LogP contribution is -2.47. The lowest BCUT2D eigenvalue weighted by molar-refractivity contribution is -0.00483. The molecule has 0 bridgehead atoms. The van der Waals surface area contributed by atoms with Crippen molar-refractivity contribution in [3.63, 3.8) is 0 Å². The molecule has 6 heteroatoms. The molecular weight excluding hydrogens is 268 g/mol. The molecule has 21 heavy (non-hydrogen) atoms. The van der Waals surface area contributed by atoms with Crippen LogP contribution in [0.3, 0.4) is 0 Å². The topological polar surface area (TPSA) is 59.5 Å². The van der Waals surface area contributed by atoms with Gasteiger partial charge in [0.25, 0.3) is 0 Å². The van der Waals surface area contributed by atoms with Gasteiger partial charge in [-0.15, -0.1) is 0 Å². The van der Waals surface area contributed by atoms with E-state index in [1.165, 1.54) is 0 Å². The number of ether oxygens (including phenoxy) is 2. The van der Waals surface area contributed by atoms with Crippen molar-refractivity contribution in [2.75, 3.05) is 44.1 Å². The Morgan fingerprint density at radius 3 is 2.86 bits per heavy atom. The molecule has 0 saturated carbocycles. The van der Waals surface area contributed by atoms with Crippen molar-refractivity contribution in [2.45, 2.75) is 38.9 Å². The van der Waals surface area contributed by atoms with E-state index in [4.69, 9.17) is 9.47 Å². The Balaban J connectivity index is 2.24. The van der Waals surface area contributed by atoms with Crippen LogP contribution < -0.4 is 10.2 Å². The second-order valence-corrected chi connectivity index (χ2v) is 5.67. The van der Waals surface area contributed by atoms with Crippen molar-refractivity contribution >= 4 is 11.6 Å². The summed E-state index contributed by atoms with van der Waals surface area (Å²) in [7, 11) is 3.44. The molecular formula is C15H26N4O2. The van der Waals surface area contributed by atoms with Crippen LogP contribution in [0.5, 0.6) is 0 Å². The van der Waals surface area contributed by atoms with E-state index in [9.17, 15) is 0 Å².